The lowest BCUT2D eigenvalue weighted by atomic mass is 10.3. The Morgan fingerprint density at radius 2 is 2.21 bits per heavy atom. The van der Waals surface area contributed by atoms with Gasteiger partial charge in [0, 0.05) is 11.0 Å². The number of aliphatic carboxylic acids is 1. The molecule has 1 aromatic rings. The quantitative estimate of drug-likeness (QED) is 0.804. The number of halogens is 2. The molecule has 1 rings (SSSR count). The number of nitrogens with zero attached hydrogens (tertiary/aromatic N) is 1. The van der Waals surface area contributed by atoms with E-state index in [1.54, 1.807) is 18.2 Å². The summed E-state index contributed by atoms with van der Waals surface area (Å²) in [6.45, 7) is 3.20. The summed E-state index contributed by atoms with van der Waals surface area (Å²) in [5.41, 5.74) is 0.411. The second-order valence-electron chi connectivity index (χ2n) is 3.62. The van der Waals surface area contributed by atoms with Gasteiger partial charge in [-0.25, -0.2) is 4.79 Å². The van der Waals surface area contributed by atoms with E-state index in [2.05, 4.69) is 27.8 Å². The second kappa shape index (κ2) is 7.16. The molecule has 0 unspecified atom stereocenters. The number of anilines is 1. The number of nitrogens with one attached hydrogen (secondary N) is 1. The van der Waals surface area contributed by atoms with Crippen LogP contribution in [0.15, 0.2) is 35.3 Å². The Hall–Kier alpha value is -1.53. The van der Waals surface area contributed by atoms with Crippen LogP contribution in [0.3, 0.4) is 0 Å². The molecule has 0 saturated carbocycles. The molecule has 102 valence electrons. The summed E-state index contributed by atoms with van der Waals surface area (Å²) in [6, 6.07) is 4.42. The molecule has 0 aromatic heterocycles. The van der Waals surface area contributed by atoms with E-state index in [4.69, 9.17) is 16.7 Å². The highest BCUT2D eigenvalue weighted by Crippen LogP contribution is 2.25. The van der Waals surface area contributed by atoms with Gasteiger partial charge >= 0.3 is 12.0 Å². The van der Waals surface area contributed by atoms with Crippen LogP contribution in [0, 0.1) is 0 Å². The van der Waals surface area contributed by atoms with Crippen LogP contribution in [-0.2, 0) is 4.79 Å². The largest absolute Gasteiger partial charge is 0.480 e. The molecule has 1 aromatic carbocycles. The van der Waals surface area contributed by atoms with E-state index in [-0.39, 0.29) is 6.54 Å². The molecule has 0 bridgehead atoms. The van der Waals surface area contributed by atoms with Crippen molar-refractivity contribution in [1.29, 1.82) is 0 Å². The summed E-state index contributed by atoms with van der Waals surface area (Å²) in [4.78, 5) is 23.7. The molecule has 0 radical (unpaired) electrons. The minimum atomic E-state index is -1.10. The topological polar surface area (TPSA) is 69.6 Å². The van der Waals surface area contributed by atoms with Crippen molar-refractivity contribution in [2.75, 3.05) is 18.4 Å². The zero-order valence-corrected chi connectivity index (χ0v) is 12.2. The lowest BCUT2D eigenvalue weighted by molar-refractivity contribution is -0.137. The van der Waals surface area contributed by atoms with Gasteiger partial charge in [-0.1, -0.05) is 33.6 Å². The van der Waals surface area contributed by atoms with Crippen molar-refractivity contribution in [3.05, 3.63) is 40.3 Å². The maximum atomic E-state index is 11.9. The van der Waals surface area contributed by atoms with E-state index in [1.165, 1.54) is 6.08 Å². The van der Waals surface area contributed by atoms with Crippen LogP contribution in [0.25, 0.3) is 0 Å². The Labute approximate surface area is 124 Å². The first kappa shape index (κ1) is 15.5. The van der Waals surface area contributed by atoms with Crippen LogP contribution in [0.5, 0.6) is 0 Å². The number of hydrogen-bond acceptors (Lipinski definition) is 2. The van der Waals surface area contributed by atoms with Gasteiger partial charge in [-0.15, -0.1) is 6.58 Å². The Bertz CT molecular complexity index is 508. The maximum absolute atomic E-state index is 11.9. The van der Waals surface area contributed by atoms with Crippen LogP contribution in [0.1, 0.15) is 0 Å². The Morgan fingerprint density at radius 3 is 2.74 bits per heavy atom. The fourth-order valence-electron chi connectivity index (χ4n) is 1.32. The fourth-order valence-corrected chi connectivity index (χ4v) is 2.04. The molecule has 0 saturated heterocycles. The summed E-state index contributed by atoms with van der Waals surface area (Å²) < 4.78 is 0.781. The predicted molar refractivity (Wildman–Crippen MR) is 77.6 cm³/mol. The maximum Gasteiger partial charge on any atom is 0.323 e. The van der Waals surface area contributed by atoms with E-state index in [1.807, 2.05) is 0 Å². The molecule has 2 amide bonds. The van der Waals surface area contributed by atoms with Crippen molar-refractivity contribution in [3.8, 4) is 0 Å². The van der Waals surface area contributed by atoms with Crippen molar-refractivity contribution < 1.29 is 14.7 Å². The Balaban J connectivity index is 2.80. The van der Waals surface area contributed by atoms with Crippen LogP contribution in [0.4, 0.5) is 10.5 Å². The molecule has 0 spiro atoms. The van der Waals surface area contributed by atoms with Crippen molar-refractivity contribution in [2.45, 2.75) is 0 Å². The van der Waals surface area contributed by atoms with Gasteiger partial charge < -0.3 is 15.3 Å². The van der Waals surface area contributed by atoms with E-state index < -0.39 is 18.5 Å². The molecule has 0 aliphatic heterocycles. The highest BCUT2D eigenvalue weighted by atomic mass is 79.9. The standard InChI is InChI=1S/C12H12BrClN2O3/c1-2-5-16(7-11(17)18)12(19)15-10-4-3-8(13)6-9(10)14/h2-4,6H,1,5,7H2,(H,15,19)(H,17,18). The molecular weight excluding hydrogens is 336 g/mol. The van der Waals surface area contributed by atoms with Crippen molar-refractivity contribution in [3.63, 3.8) is 0 Å². The van der Waals surface area contributed by atoms with Gasteiger partial charge in [-0.3, -0.25) is 4.79 Å². The normalized spacial score (nSPS) is 9.79. The third-order valence-electron chi connectivity index (χ3n) is 2.14. The van der Waals surface area contributed by atoms with Crippen molar-refractivity contribution in [2.24, 2.45) is 0 Å². The highest BCUT2D eigenvalue weighted by Gasteiger charge is 2.16. The van der Waals surface area contributed by atoms with Gasteiger partial charge in [-0.05, 0) is 18.2 Å². The first-order valence-corrected chi connectivity index (χ1v) is 6.44. The number of carboxylic acid groups (broad SMARTS) is 1. The summed E-state index contributed by atoms with van der Waals surface area (Å²) in [5.74, 6) is -1.10. The third-order valence-corrected chi connectivity index (χ3v) is 2.94. The van der Waals surface area contributed by atoms with E-state index in [9.17, 15) is 9.59 Å². The Kier molecular flexibility index (Phi) is 5.85. The van der Waals surface area contributed by atoms with Gasteiger partial charge in [0.2, 0.25) is 0 Å². The molecule has 0 fully saturated rings. The number of carbonyl (C=O) groups is 2. The number of amides is 2. The number of hydrogen-bond donors (Lipinski definition) is 2. The zero-order valence-electron chi connectivity index (χ0n) is 9.90. The van der Waals surface area contributed by atoms with Gasteiger partial charge in [-0.2, -0.15) is 0 Å². The summed E-state index contributed by atoms with van der Waals surface area (Å²) in [5, 5.41) is 11.6. The average molecular weight is 348 g/mol. The van der Waals surface area contributed by atoms with Gasteiger partial charge in [0.15, 0.2) is 0 Å². The lowest BCUT2D eigenvalue weighted by Gasteiger charge is -2.19. The predicted octanol–water partition coefficient (Wildman–Crippen LogP) is 3.21. The number of carboxylic acids is 1. The zero-order chi connectivity index (χ0) is 14.4. The highest BCUT2D eigenvalue weighted by molar-refractivity contribution is 9.10. The molecule has 0 aliphatic carbocycles. The van der Waals surface area contributed by atoms with Crippen molar-refractivity contribution >= 4 is 45.2 Å². The van der Waals surface area contributed by atoms with Crippen molar-refractivity contribution in [1.82, 2.24) is 4.90 Å². The lowest BCUT2D eigenvalue weighted by Crippen LogP contribution is -2.38. The molecule has 0 heterocycles. The number of rotatable bonds is 5. The first-order chi connectivity index (χ1) is 8.93. The Morgan fingerprint density at radius 1 is 1.53 bits per heavy atom. The average Bonchev–Trinajstić information content (AvgIpc) is 2.31. The number of urea groups is 1. The van der Waals surface area contributed by atoms with Crippen LogP contribution < -0.4 is 5.32 Å². The first-order valence-electron chi connectivity index (χ1n) is 5.27. The minimum absolute atomic E-state index is 0.131. The number of carbonyl (C=O) groups excluding carboxylic acids is 1. The van der Waals surface area contributed by atoms with Crippen LogP contribution in [0.2, 0.25) is 5.02 Å². The van der Waals surface area contributed by atoms with E-state index in [0.717, 1.165) is 9.37 Å². The second-order valence-corrected chi connectivity index (χ2v) is 4.94. The summed E-state index contributed by atoms with van der Waals surface area (Å²) in [6.07, 6.45) is 1.45. The van der Waals surface area contributed by atoms with Gasteiger partial charge in [0.05, 0.1) is 10.7 Å². The van der Waals surface area contributed by atoms with Gasteiger partial charge in [0.25, 0.3) is 0 Å². The van der Waals surface area contributed by atoms with E-state index >= 15 is 0 Å². The van der Waals surface area contributed by atoms with Crippen LogP contribution in [-0.4, -0.2) is 35.1 Å². The molecular formula is C12H12BrClN2O3. The molecule has 7 heteroatoms. The van der Waals surface area contributed by atoms with Crippen LogP contribution >= 0.6 is 27.5 Å². The molecule has 19 heavy (non-hydrogen) atoms. The molecule has 5 nitrogen and oxygen atoms in total. The summed E-state index contributed by atoms with van der Waals surface area (Å²) >= 11 is 9.21. The molecule has 0 aliphatic rings. The van der Waals surface area contributed by atoms with E-state index in [0.29, 0.717) is 10.7 Å². The fraction of sp³-hybridized carbons (Fsp3) is 0.167. The monoisotopic (exact) mass is 346 g/mol. The summed E-state index contributed by atoms with van der Waals surface area (Å²) in [7, 11) is 0. The minimum Gasteiger partial charge on any atom is -0.480 e. The number of benzene rings is 1. The van der Waals surface area contributed by atoms with Gasteiger partial charge in [0.1, 0.15) is 6.54 Å². The SMILES string of the molecule is C=CCN(CC(=O)O)C(=O)Nc1ccc(Br)cc1Cl. The third kappa shape index (κ3) is 4.92. The molecule has 2 N–H and O–H groups in total. The smallest absolute Gasteiger partial charge is 0.323 e. The molecule has 0 atom stereocenters.